The molecule has 8 nitrogen and oxygen atoms in total. The third kappa shape index (κ3) is 3.21. The number of primary amides is 1. The Balaban J connectivity index is 0. The summed E-state index contributed by atoms with van der Waals surface area (Å²) in [6.45, 7) is 0. The molecule has 15 heavy (non-hydrogen) atoms. The van der Waals surface area contributed by atoms with Crippen LogP contribution < -0.4 is 11.5 Å². The van der Waals surface area contributed by atoms with Crippen molar-refractivity contribution in [1.29, 1.82) is 0 Å². The summed E-state index contributed by atoms with van der Waals surface area (Å²) in [7, 11) is 0. The smallest absolute Gasteiger partial charge is 0.270 e. The number of benzene rings is 1. The van der Waals surface area contributed by atoms with Gasteiger partial charge in [-0.05, 0) is 6.07 Å². The third-order valence-electron chi connectivity index (χ3n) is 1.51. The fourth-order valence-corrected chi connectivity index (χ4v) is 0.871. The number of anilines is 1. The average molecular weight is 217 g/mol. The maximum Gasteiger partial charge on any atom is 0.270 e. The number of amides is 1. The maximum absolute atomic E-state index is 10.7. The topological polar surface area (TPSA) is 175 Å². The van der Waals surface area contributed by atoms with Gasteiger partial charge >= 0.3 is 0 Å². The molecule has 0 saturated carbocycles. The Hall–Kier alpha value is -2.19. The van der Waals surface area contributed by atoms with Crippen molar-refractivity contribution < 1.29 is 20.7 Å². The SMILES string of the molecule is NC(=O)c1cc([N+](=O)[O-])ccc1N.O.O. The number of nitrogens with zero attached hydrogens (tertiary/aromatic N) is 1. The van der Waals surface area contributed by atoms with Crippen molar-refractivity contribution in [2.24, 2.45) is 5.73 Å². The molecule has 8 heteroatoms. The first-order valence-corrected chi connectivity index (χ1v) is 3.36. The summed E-state index contributed by atoms with van der Waals surface area (Å²) in [5.74, 6) is -0.777. The number of nitro benzene ring substituents is 1. The minimum Gasteiger partial charge on any atom is -0.412 e. The molecule has 0 heterocycles. The van der Waals surface area contributed by atoms with Crippen LogP contribution in [0.1, 0.15) is 10.4 Å². The van der Waals surface area contributed by atoms with Gasteiger partial charge < -0.3 is 22.4 Å². The van der Waals surface area contributed by atoms with Gasteiger partial charge in [0.25, 0.3) is 11.6 Å². The Morgan fingerprint density at radius 3 is 2.27 bits per heavy atom. The minimum atomic E-state index is -0.777. The van der Waals surface area contributed by atoms with Crippen molar-refractivity contribution >= 4 is 17.3 Å². The monoisotopic (exact) mass is 217 g/mol. The van der Waals surface area contributed by atoms with Gasteiger partial charge in [-0.2, -0.15) is 0 Å². The number of non-ortho nitro benzene ring substituents is 1. The van der Waals surface area contributed by atoms with Gasteiger partial charge in [-0.1, -0.05) is 0 Å². The van der Waals surface area contributed by atoms with Crippen LogP contribution in [0.4, 0.5) is 11.4 Å². The Morgan fingerprint density at radius 2 is 1.87 bits per heavy atom. The number of rotatable bonds is 2. The van der Waals surface area contributed by atoms with E-state index in [-0.39, 0.29) is 27.9 Å². The van der Waals surface area contributed by atoms with E-state index in [1.807, 2.05) is 0 Å². The normalized spacial score (nSPS) is 8.27. The molecule has 1 rings (SSSR count). The molecule has 0 aliphatic carbocycles. The maximum atomic E-state index is 10.7. The predicted octanol–water partition coefficient (Wildman–Crippen LogP) is -1.37. The second-order valence-corrected chi connectivity index (χ2v) is 2.39. The standard InChI is InChI=1S/C7H7N3O3.2H2O/c8-6-2-1-4(10(12)13)3-5(6)7(9)11;;/h1-3H,8H2,(H2,9,11);2*1H2. The average Bonchev–Trinajstić information content (AvgIpc) is 2.04. The van der Waals surface area contributed by atoms with Crippen molar-refractivity contribution in [3.05, 3.63) is 33.9 Å². The molecule has 1 aromatic carbocycles. The van der Waals surface area contributed by atoms with Crippen LogP contribution in [-0.2, 0) is 0 Å². The summed E-state index contributed by atoms with van der Waals surface area (Å²) in [6, 6.07) is 3.54. The number of hydrogen-bond acceptors (Lipinski definition) is 4. The van der Waals surface area contributed by atoms with Gasteiger partial charge in [-0.3, -0.25) is 14.9 Å². The summed E-state index contributed by atoms with van der Waals surface area (Å²) in [6.07, 6.45) is 0. The molecular formula is C7H11N3O5. The molecule has 1 amide bonds. The molecule has 0 fully saturated rings. The van der Waals surface area contributed by atoms with Crippen molar-refractivity contribution in [3.63, 3.8) is 0 Å². The summed E-state index contributed by atoms with van der Waals surface area (Å²) >= 11 is 0. The van der Waals surface area contributed by atoms with E-state index >= 15 is 0 Å². The van der Waals surface area contributed by atoms with Crippen LogP contribution >= 0.6 is 0 Å². The van der Waals surface area contributed by atoms with E-state index in [1.54, 1.807) is 0 Å². The lowest BCUT2D eigenvalue weighted by molar-refractivity contribution is -0.384. The molecule has 0 aliphatic heterocycles. The van der Waals surface area contributed by atoms with E-state index in [0.29, 0.717) is 0 Å². The largest absolute Gasteiger partial charge is 0.412 e. The van der Waals surface area contributed by atoms with Gasteiger partial charge in [-0.15, -0.1) is 0 Å². The van der Waals surface area contributed by atoms with Crippen molar-refractivity contribution in [2.75, 3.05) is 5.73 Å². The fraction of sp³-hybridized carbons (Fsp3) is 0. The molecule has 0 unspecified atom stereocenters. The van der Waals surface area contributed by atoms with E-state index < -0.39 is 10.8 Å². The number of carbonyl (C=O) groups excluding carboxylic acids is 1. The van der Waals surface area contributed by atoms with Gasteiger partial charge in [0.2, 0.25) is 0 Å². The Bertz CT molecular complexity index is 379. The third-order valence-corrected chi connectivity index (χ3v) is 1.51. The first-order chi connectivity index (χ1) is 6.02. The Morgan fingerprint density at radius 1 is 1.33 bits per heavy atom. The lowest BCUT2D eigenvalue weighted by Gasteiger charge is -1.99. The van der Waals surface area contributed by atoms with Crippen LogP contribution in [0.5, 0.6) is 0 Å². The minimum absolute atomic E-state index is 0. The number of nitrogens with two attached hydrogens (primary N) is 2. The summed E-state index contributed by atoms with van der Waals surface area (Å²) in [5.41, 5.74) is 10.2. The van der Waals surface area contributed by atoms with Gasteiger partial charge in [0.15, 0.2) is 0 Å². The number of nitrogen functional groups attached to an aromatic ring is 1. The van der Waals surface area contributed by atoms with Crippen LogP contribution in [0.3, 0.4) is 0 Å². The van der Waals surface area contributed by atoms with E-state index in [0.717, 1.165) is 6.07 Å². The molecule has 1 aromatic rings. The van der Waals surface area contributed by atoms with E-state index in [2.05, 4.69) is 0 Å². The fourth-order valence-electron chi connectivity index (χ4n) is 0.871. The Labute approximate surface area is 84.3 Å². The predicted molar refractivity (Wildman–Crippen MR) is 53.3 cm³/mol. The number of nitro groups is 1. The molecule has 0 aromatic heterocycles. The first kappa shape index (κ1) is 15.3. The van der Waals surface area contributed by atoms with Crippen LogP contribution in [0.2, 0.25) is 0 Å². The highest BCUT2D eigenvalue weighted by Gasteiger charge is 2.12. The molecule has 84 valence electrons. The molecule has 0 bridgehead atoms. The van der Waals surface area contributed by atoms with Gasteiger partial charge in [0, 0.05) is 17.8 Å². The van der Waals surface area contributed by atoms with E-state index in [4.69, 9.17) is 11.5 Å². The molecule has 8 N–H and O–H groups in total. The number of hydrogen-bond donors (Lipinski definition) is 2. The highest BCUT2D eigenvalue weighted by molar-refractivity contribution is 5.98. The van der Waals surface area contributed by atoms with Crippen LogP contribution in [-0.4, -0.2) is 21.8 Å². The highest BCUT2D eigenvalue weighted by Crippen LogP contribution is 2.18. The summed E-state index contributed by atoms with van der Waals surface area (Å²) in [5, 5.41) is 10.3. The second kappa shape index (κ2) is 5.52. The zero-order valence-electron chi connectivity index (χ0n) is 7.56. The van der Waals surface area contributed by atoms with Crippen LogP contribution in [0.25, 0.3) is 0 Å². The molecule has 0 spiro atoms. The summed E-state index contributed by atoms with van der Waals surface area (Å²) in [4.78, 5) is 20.4. The van der Waals surface area contributed by atoms with Crippen molar-refractivity contribution in [1.82, 2.24) is 0 Å². The highest BCUT2D eigenvalue weighted by atomic mass is 16.6. The van der Waals surface area contributed by atoms with Gasteiger partial charge in [0.1, 0.15) is 0 Å². The van der Waals surface area contributed by atoms with Crippen LogP contribution in [0, 0.1) is 10.1 Å². The molecule has 0 saturated heterocycles. The molecule has 0 radical (unpaired) electrons. The van der Waals surface area contributed by atoms with Crippen LogP contribution in [0.15, 0.2) is 18.2 Å². The van der Waals surface area contributed by atoms with E-state index in [9.17, 15) is 14.9 Å². The van der Waals surface area contributed by atoms with Crippen molar-refractivity contribution in [2.45, 2.75) is 0 Å². The lowest BCUT2D eigenvalue weighted by Crippen LogP contribution is -2.13. The quantitative estimate of drug-likeness (QED) is 0.353. The zero-order chi connectivity index (χ0) is 10.0. The van der Waals surface area contributed by atoms with Gasteiger partial charge in [0.05, 0.1) is 10.5 Å². The summed E-state index contributed by atoms with van der Waals surface area (Å²) < 4.78 is 0. The number of carbonyl (C=O) groups is 1. The Kier molecular flexibility index (Phi) is 5.63. The van der Waals surface area contributed by atoms with Gasteiger partial charge in [-0.25, -0.2) is 0 Å². The molecule has 0 aliphatic rings. The molecular weight excluding hydrogens is 206 g/mol. The van der Waals surface area contributed by atoms with Crippen molar-refractivity contribution in [3.8, 4) is 0 Å². The first-order valence-electron chi connectivity index (χ1n) is 3.36. The second-order valence-electron chi connectivity index (χ2n) is 2.39. The zero-order valence-corrected chi connectivity index (χ0v) is 7.56. The lowest BCUT2D eigenvalue weighted by atomic mass is 10.1. The van der Waals surface area contributed by atoms with E-state index in [1.165, 1.54) is 12.1 Å². The molecule has 0 atom stereocenters.